The Morgan fingerprint density at radius 3 is 2.64 bits per heavy atom. The summed E-state index contributed by atoms with van der Waals surface area (Å²) in [5, 5.41) is 3.17. The SMILES string of the molecule is CCCNc1cc(C(=O)N(CC)Cc2ccccc2)ncn1. The highest BCUT2D eigenvalue weighted by molar-refractivity contribution is 5.92. The van der Waals surface area contributed by atoms with Gasteiger partial charge in [-0.2, -0.15) is 0 Å². The summed E-state index contributed by atoms with van der Waals surface area (Å²) in [5.74, 6) is 0.615. The van der Waals surface area contributed by atoms with Crippen LogP contribution in [0.4, 0.5) is 5.82 Å². The minimum atomic E-state index is -0.0756. The third-order valence-electron chi connectivity index (χ3n) is 3.33. The van der Waals surface area contributed by atoms with Crippen molar-refractivity contribution in [1.82, 2.24) is 14.9 Å². The first-order valence-corrected chi connectivity index (χ1v) is 7.63. The summed E-state index contributed by atoms with van der Waals surface area (Å²) >= 11 is 0. The van der Waals surface area contributed by atoms with E-state index in [1.165, 1.54) is 6.33 Å². The summed E-state index contributed by atoms with van der Waals surface area (Å²) in [4.78, 5) is 22.6. The van der Waals surface area contributed by atoms with E-state index in [1.54, 1.807) is 11.0 Å². The highest BCUT2D eigenvalue weighted by atomic mass is 16.2. The molecule has 0 unspecified atom stereocenters. The van der Waals surface area contributed by atoms with Crippen molar-refractivity contribution < 1.29 is 4.79 Å². The van der Waals surface area contributed by atoms with Gasteiger partial charge in [0.05, 0.1) is 0 Å². The molecule has 1 amide bonds. The van der Waals surface area contributed by atoms with Gasteiger partial charge in [0, 0.05) is 25.7 Å². The predicted molar refractivity (Wildman–Crippen MR) is 87.7 cm³/mol. The summed E-state index contributed by atoms with van der Waals surface area (Å²) in [6.07, 6.45) is 2.43. The first-order chi connectivity index (χ1) is 10.7. The maximum Gasteiger partial charge on any atom is 0.272 e. The Balaban J connectivity index is 2.11. The molecule has 5 nitrogen and oxygen atoms in total. The molecule has 0 bridgehead atoms. The maximum atomic E-state index is 12.6. The van der Waals surface area contributed by atoms with Crippen LogP contribution in [0.25, 0.3) is 0 Å². The molecule has 22 heavy (non-hydrogen) atoms. The minimum Gasteiger partial charge on any atom is -0.370 e. The molecule has 2 rings (SSSR count). The first-order valence-electron chi connectivity index (χ1n) is 7.63. The molecule has 0 aliphatic heterocycles. The van der Waals surface area contributed by atoms with E-state index >= 15 is 0 Å². The summed E-state index contributed by atoms with van der Waals surface area (Å²) < 4.78 is 0. The topological polar surface area (TPSA) is 58.1 Å². The van der Waals surface area contributed by atoms with Crippen LogP contribution in [0.15, 0.2) is 42.7 Å². The third kappa shape index (κ3) is 4.28. The van der Waals surface area contributed by atoms with Crippen molar-refractivity contribution >= 4 is 11.7 Å². The van der Waals surface area contributed by atoms with Crippen LogP contribution in [0.2, 0.25) is 0 Å². The van der Waals surface area contributed by atoms with Crippen LogP contribution >= 0.6 is 0 Å². The van der Waals surface area contributed by atoms with Gasteiger partial charge in [-0.05, 0) is 18.9 Å². The van der Waals surface area contributed by atoms with E-state index in [0.717, 1.165) is 18.5 Å². The molecule has 0 aliphatic carbocycles. The normalized spacial score (nSPS) is 10.3. The lowest BCUT2D eigenvalue weighted by atomic mass is 10.2. The van der Waals surface area contributed by atoms with E-state index in [0.29, 0.717) is 24.6 Å². The van der Waals surface area contributed by atoms with Gasteiger partial charge in [0.1, 0.15) is 17.8 Å². The van der Waals surface area contributed by atoms with Crippen LogP contribution < -0.4 is 5.32 Å². The molecular formula is C17H22N4O. The second-order valence-corrected chi connectivity index (χ2v) is 5.02. The molecule has 2 aromatic rings. The molecule has 1 heterocycles. The van der Waals surface area contributed by atoms with E-state index in [4.69, 9.17) is 0 Å². The smallest absolute Gasteiger partial charge is 0.272 e. The maximum absolute atomic E-state index is 12.6. The zero-order valence-electron chi connectivity index (χ0n) is 13.1. The third-order valence-corrected chi connectivity index (χ3v) is 3.33. The molecule has 5 heteroatoms. The van der Waals surface area contributed by atoms with Gasteiger partial charge in [-0.25, -0.2) is 9.97 Å². The van der Waals surface area contributed by atoms with E-state index in [1.807, 2.05) is 37.3 Å². The molecule has 0 radical (unpaired) electrons. The zero-order valence-corrected chi connectivity index (χ0v) is 13.1. The Bertz CT molecular complexity index is 601. The predicted octanol–water partition coefficient (Wildman–Crippen LogP) is 2.96. The number of anilines is 1. The number of hydrogen-bond donors (Lipinski definition) is 1. The average Bonchev–Trinajstić information content (AvgIpc) is 2.58. The summed E-state index contributed by atoms with van der Waals surface area (Å²) in [6.45, 7) is 6.09. The largest absolute Gasteiger partial charge is 0.370 e. The Labute approximate surface area is 131 Å². The van der Waals surface area contributed by atoms with Crippen molar-refractivity contribution in [2.75, 3.05) is 18.4 Å². The van der Waals surface area contributed by atoms with Crippen LogP contribution in [0, 0.1) is 0 Å². The van der Waals surface area contributed by atoms with Gasteiger partial charge in [-0.3, -0.25) is 4.79 Å². The van der Waals surface area contributed by atoms with Gasteiger partial charge in [0.25, 0.3) is 5.91 Å². The number of benzene rings is 1. The lowest BCUT2D eigenvalue weighted by Crippen LogP contribution is -2.31. The summed E-state index contributed by atoms with van der Waals surface area (Å²) in [7, 11) is 0. The standard InChI is InChI=1S/C17H22N4O/c1-3-10-18-16-11-15(19-13-20-16)17(22)21(4-2)12-14-8-6-5-7-9-14/h5-9,11,13H,3-4,10,12H2,1-2H3,(H,18,19,20). The van der Waals surface area contributed by atoms with Crippen LogP contribution in [0.1, 0.15) is 36.3 Å². The van der Waals surface area contributed by atoms with Crippen molar-refractivity contribution in [3.63, 3.8) is 0 Å². The fraction of sp³-hybridized carbons (Fsp3) is 0.353. The quantitative estimate of drug-likeness (QED) is 0.854. The van der Waals surface area contributed by atoms with Gasteiger partial charge in [0.15, 0.2) is 0 Å². The Kier molecular flexibility index (Phi) is 5.89. The molecule has 0 spiro atoms. The average molecular weight is 298 g/mol. The molecule has 0 aliphatic rings. The molecule has 116 valence electrons. The Morgan fingerprint density at radius 1 is 1.18 bits per heavy atom. The molecule has 0 fully saturated rings. The van der Waals surface area contributed by atoms with Crippen molar-refractivity contribution in [1.29, 1.82) is 0 Å². The lowest BCUT2D eigenvalue weighted by Gasteiger charge is -2.20. The van der Waals surface area contributed by atoms with Gasteiger partial charge < -0.3 is 10.2 Å². The molecule has 1 aromatic carbocycles. The van der Waals surface area contributed by atoms with Crippen molar-refractivity contribution in [2.24, 2.45) is 0 Å². The number of rotatable bonds is 7. The van der Waals surface area contributed by atoms with Crippen molar-refractivity contribution in [2.45, 2.75) is 26.8 Å². The highest BCUT2D eigenvalue weighted by Crippen LogP contribution is 2.10. The monoisotopic (exact) mass is 298 g/mol. The van der Waals surface area contributed by atoms with E-state index < -0.39 is 0 Å². The van der Waals surface area contributed by atoms with Gasteiger partial charge in [-0.15, -0.1) is 0 Å². The summed E-state index contributed by atoms with van der Waals surface area (Å²) in [6, 6.07) is 11.7. The number of carbonyl (C=O) groups excluding carboxylic acids is 1. The number of nitrogens with zero attached hydrogens (tertiary/aromatic N) is 3. The number of amides is 1. The number of nitrogens with one attached hydrogen (secondary N) is 1. The van der Waals surface area contributed by atoms with Crippen LogP contribution in [0.5, 0.6) is 0 Å². The minimum absolute atomic E-state index is 0.0756. The van der Waals surface area contributed by atoms with E-state index in [2.05, 4.69) is 22.2 Å². The van der Waals surface area contributed by atoms with E-state index in [-0.39, 0.29) is 5.91 Å². The lowest BCUT2D eigenvalue weighted by molar-refractivity contribution is 0.0746. The first kappa shape index (κ1) is 15.9. The zero-order chi connectivity index (χ0) is 15.8. The Morgan fingerprint density at radius 2 is 1.95 bits per heavy atom. The van der Waals surface area contributed by atoms with Crippen LogP contribution in [-0.4, -0.2) is 33.9 Å². The van der Waals surface area contributed by atoms with Gasteiger partial charge >= 0.3 is 0 Å². The van der Waals surface area contributed by atoms with E-state index in [9.17, 15) is 4.79 Å². The molecule has 1 N–H and O–H groups in total. The van der Waals surface area contributed by atoms with Crippen molar-refractivity contribution in [3.8, 4) is 0 Å². The molecule has 0 saturated carbocycles. The molecule has 1 aromatic heterocycles. The number of hydrogen-bond acceptors (Lipinski definition) is 4. The Hall–Kier alpha value is -2.43. The summed E-state index contributed by atoms with van der Waals surface area (Å²) in [5.41, 5.74) is 1.53. The van der Waals surface area contributed by atoms with Gasteiger partial charge in [-0.1, -0.05) is 37.3 Å². The fourth-order valence-electron chi connectivity index (χ4n) is 2.12. The number of carbonyl (C=O) groups is 1. The van der Waals surface area contributed by atoms with Crippen LogP contribution in [-0.2, 0) is 6.54 Å². The van der Waals surface area contributed by atoms with Crippen molar-refractivity contribution in [3.05, 3.63) is 54.0 Å². The molecular weight excluding hydrogens is 276 g/mol. The second kappa shape index (κ2) is 8.12. The second-order valence-electron chi connectivity index (χ2n) is 5.02. The number of aromatic nitrogens is 2. The molecule has 0 saturated heterocycles. The highest BCUT2D eigenvalue weighted by Gasteiger charge is 2.16. The molecule has 0 atom stereocenters. The van der Waals surface area contributed by atoms with Crippen LogP contribution in [0.3, 0.4) is 0 Å². The van der Waals surface area contributed by atoms with Gasteiger partial charge in [0.2, 0.25) is 0 Å². The fourth-order valence-corrected chi connectivity index (χ4v) is 2.12.